The first-order valence-electron chi connectivity index (χ1n) is 5.90. The number of anilines is 2. The number of thiophene rings is 1. The Bertz CT molecular complexity index is 737. The summed E-state index contributed by atoms with van der Waals surface area (Å²) in [6.07, 6.45) is 0. The molecule has 0 aliphatic rings. The lowest BCUT2D eigenvalue weighted by molar-refractivity contribution is 1.22. The maximum absolute atomic E-state index is 6.00. The van der Waals surface area contributed by atoms with Crippen LogP contribution < -0.4 is 5.32 Å². The third-order valence-corrected chi connectivity index (χ3v) is 4.31. The molecular formula is C14H12ClN3S. The van der Waals surface area contributed by atoms with Crippen LogP contribution in [0.3, 0.4) is 0 Å². The molecule has 1 N–H and O–H groups in total. The fraction of sp³-hybridized carbons (Fsp3) is 0.143. The number of aromatic nitrogens is 2. The summed E-state index contributed by atoms with van der Waals surface area (Å²) in [4.78, 5) is 10.8. The first-order chi connectivity index (χ1) is 9.15. The van der Waals surface area contributed by atoms with Gasteiger partial charge in [0.1, 0.15) is 10.6 Å². The lowest BCUT2D eigenvalue weighted by Crippen LogP contribution is -1.96. The molecule has 0 saturated carbocycles. The maximum Gasteiger partial charge on any atom is 0.225 e. The number of nitrogens with one attached hydrogen (secondary N) is 1. The minimum atomic E-state index is 0.271. The highest BCUT2D eigenvalue weighted by Crippen LogP contribution is 2.35. The summed E-state index contributed by atoms with van der Waals surface area (Å²) in [6.45, 7) is 4.17. The summed E-state index contributed by atoms with van der Waals surface area (Å²) in [7, 11) is 0. The second-order valence-electron chi connectivity index (χ2n) is 4.30. The third kappa shape index (κ3) is 2.29. The van der Waals surface area contributed by atoms with Crippen LogP contribution in [0.25, 0.3) is 10.2 Å². The Morgan fingerprint density at radius 1 is 1.11 bits per heavy atom. The molecule has 1 aromatic carbocycles. The maximum atomic E-state index is 6.00. The molecule has 0 atom stereocenters. The van der Waals surface area contributed by atoms with Crippen LogP contribution in [0.1, 0.15) is 10.4 Å². The van der Waals surface area contributed by atoms with Crippen LogP contribution in [0.15, 0.2) is 30.3 Å². The highest BCUT2D eigenvalue weighted by Gasteiger charge is 2.13. The first-order valence-corrected chi connectivity index (χ1v) is 7.10. The normalized spacial score (nSPS) is 10.9. The van der Waals surface area contributed by atoms with E-state index in [-0.39, 0.29) is 5.28 Å². The molecule has 0 fully saturated rings. The number of aryl methyl sites for hydroxylation is 2. The molecule has 3 aromatic rings. The third-order valence-electron chi connectivity index (χ3n) is 3.04. The van der Waals surface area contributed by atoms with Crippen molar-refractivity contribution in [3.8, 4) is 0 Å². The first kappa shape index (κ1) is 12.4. The van der Waals surface area contributed by atoms with Gasteiger partial charge in [-0.05, 0) is 43.1 Å². The lowest BCUT2D eigenvalue weighted by Gasteiger charge is -2.07. The van der Waals surface area contributed by atoms with Crippen LogP contribution in [0.2, 0.25) is 5.28 Å². The number of rotatable bonds is 2. The van der Waals surface area contributed by atoms with Gasteiger partial charge in [0.25, 0.3) is 0 Å². The topological polar surface area (TPSA) is 37.8 Å². The Labute approximate surface area is 120 Å². The van der Waals surface area contributed by atoms with E-state index in [0.717, 1.165) is 21.7 Å². The van der Waals surface area contributed by atoms with Gasteiger partial charge in [-0.25, -0.2) is 4.98 Å². The molecule has 5 heteroatoms. The van der Waals surface area contributed by atoms with Crippen molar-refractivity contribution < 1.29 is 0 Å². The molecule has 0 aliphatic heterocycles. The molecule has 2 heterocycles. The summed E-state index contributed by atoms with van der Waals surface area (Å²) < 4.78 is 0. The van der Waals surface area contributed by atoms with Crippen molar-refractivity contribution in [2.75, 3.05) is 5.32 Å². The molecule has 96 valence electrons. The summed E-state index contributed by atoms with van der Waals surface area (Å²) in [5.74, 6) is 0.767. The number of fused-ring (bicyclic) bond motifs is 1. The predicted octanol–water partition coefficient (Wildman–Crippen LogP) is 4.71. The summed E-state index contributed by atoms with van der Waals surface area (Å²) in [6, 6.07) is 9.93. The summed E-state index contributed by atoms with van der Waals surface area (Å²) in [5, 5.41) is 4.64. The molecule has 3 nitrogen and oxygen atoms in total. The van der Waals surface area contributed by atoms with Crippen LogP contribution in [0, 0.1) is 13.8 Å². The van der Waals surface area contributed by atoms with Gasteiger partial charge < -0.3 is 5.32 Å². The smallest absolute Gasteiger partial charge is 0.225 e. The quantitative estimate of drug-likeness (QED) is 0.695. The van der Waals surface area contributed by atoms with Crippen molar-refractivity contribution in [1.29, 1.82) is 0 Å². The number of halogens is 1. The van der Waals surface area contributed by atoms with E-state index in [2.05, 4.69) is 29.1 Å². The average molecular weight is 290 g/mol. The van der Waals surface area contributed by atoms with E-state index in [1.807, 2.05) is 30.3 Å². The molecule has 0 unspecified atom stereocenters. The van der Waals surface area contributed by atoms with E-state index >= 15 is 0 Å². The average Bonchev–Trinajstić information content (AvgIpc) is 2.66. The number of nitrogens with zero attached hydrogens (tertiary/aromatic N) is 2. The summed E-state index contributed by atoms with van der Waals surface area (Å²) in [5.41, 5.74) is 2.19. The van der Waals surface area contributed by atoms with Crippen molar-refractivity contribution in [1.82, 2.24) is 9.97 Å². The molecular weight excluding hydrogens is 278 g/mol. The van der Waals surface area contributed by atoms with Crippen LogP contribution in [0.4, 0.5) is 11.5 Å². The van der Waals surface area contributed by atoms with Gasteiger partial charge in [0, 0.05) is 10.6 Å². The number of benzene rings is 1. The van der Waals surface area contributed by atoms with Gasteiger partial charge >= 0.3 is 0 Å². The highest BCUT2D eigenvalue weighted by atomic mass is 35.5. The minimum absolute atomic E-state index is 0.271. The molecule has 19 heavy (non-hydrogen) atoms. The van der Waals surface area contributed by atoms with E-state index in [9.17, 15) is 0 Å². The number of hydrogen-bond donors (Lipinski definition) is 1. The van der Waals surface area contributed by atoms with Crippen LogP contribution in [0.5, 0.6) is 0 Å². The number of para-hydroxylation sites is 1. The van der Waals surface area contributed by atoms with Crippen molar-refractivity contribution in [3.63, 3.8) is 0 Å². The standard InChI is InChI=1S/C14H12ClN3S/c1-8-9(2)19-13-11(8)12(17-14(15)18-13)16-10-6-4-3-5-7-10/h3-7H,1-2H3,(H,16,17,18). The predicted molar refractivity (Wildman–Crippen MR) is 81.6 cm³/mol. The van der Waals surface area contributed by atoms with Gasteiger partial charge in [0.15, 0.2) is 0 Å². The molecule has 3 rings (SSSR count). The van der Waals surface area contributed by atoms with E-state index < -0.39 is 0 Å². The zero-order chi connectivity index (χ0) is 13.4. The molecule has 0 amide bonds. The van der Waals surface area contributed by atoms with E-state index in [4.69, 9.17) is 11.6 Å². The highest BCUT2D eigenvalue weighted by molar-refractivity contribution is 7.18. The lowest BCUT2D eigenvalue weighted by atomic mass is 10.2. The van der Waals surface area contributed by atoms with Gasteiger partial charge in [-0.3, -0.25) is 0 Å². The van der Waals surface area contributed by atoms with E-state index in [1.54, 1.807) is 11.3 Å². The van der Waals surface area contributed by atoms with Crippen LogP contribution in [-0.4, -0.2) is 9.97 Å². The van der Waals surface area contributed by atoms with E-state index in [1.165, 1.54) is 10.4 Å². The van der Waals surface area contributed by atoms with Crippen molar-refractivity contribution in [3.05, 3.63) is 46.1 Å². The van der Waals surface area contributed by atoms with Gasteiger partial charge in [0.2, 0.25) is 5.28 Å². The molecule has 0 radical (unpaired) electrons. The van der Waals surface area contributed by atoms with Crippen molar-refractivity contribution >= 4 is 44.7 Å². The Hall–Kier alpha value is -1.65. The van der Waals surface area contributed by atoms with Gasteiger partial charge in [0.05, 0.1) is 5.39 Å². The van der Waals surface area contributed by atoms with Gasteiger partial charge in [-0.1, -0.05) is 18.2 Å². The molecule has 0 bridgehead atoms. The molecule has 2 aromatic heterocycles. The monoisotopic (exact) mass is 289 g/mol. The second-order valence-corrected chi connectivity index (χ2v) is 5.84. The Balaban J connectivity index is 2.17. The van der Waals surface area contributed by atoms with E-state index in [0.29, 0.717) is 0 Å². The largest absolute Gasteiger partial charge is 0.340 e. The minimum Gasteiger partial charge on any atom is -0.340 e. The zero-order valence-corrected chi connectivity index (χ0v) is 12.1. The Morgan fingerprint density at radius 3 is 2.58 bits per heavy atom. The Kier molecular flexibility index (Phi) is 3.12. The van der Waals surface area contributed by atoms with Crippen LogP contribution >= 0.6 is 22.9 Å². The summed E-state index contributed by atoms with van der Waals surface area (Å²) >= 11 is 7.64. The SMILES string of the molecule is Cc1sc2nc(Cl)nc(Nc3ccccc3)c2c1C. The fourth-order valence-electron chi connectivity index (χ4n) is 1.97. The van der Waals surface area contributed by atoms with Crippen LogP contribution in [-0.2, 0) is 0 Å². The Morgan fingerprint density at radius 2 is 1.84 bits per heavy atom. The molecule has 0 aliphatic carbocycles. The fourth-order valence-corrected chi connectivity index (χ4v) is 3.22. The van der Waals surface area contributed by atoms with Gasteiger partial charge in [-0.15, -0.1) is 11.3 Å². The zero-order valence-electron chi connectivity index (χ0n) is 10.6. The van der Waals surface area contributed by atoms with Crippen molar-refractivity contribution in [2.24, 2.45) is 0 Å². The second kappa shape index (κ2) is 4.79. The number of hydrogen-bond acceptors (Lipinski definition) is 4. The molecule has 0 spiro atoms. The molecule has 0 saturated heterocycles. The van der Waals surface area contributed by atoms with Crippen molar-refractivity contribution in [2.45, 2.75) is 13.8 Å². The van der Waals surface area contributed by atoms with Gasteiger partial charge in [-0.2, -0.15) is 4.98 Å².